The van der Waals surface area contributed by atoms with E-state index in [9.17, 15) is 14.4 Å². The fraction of sp³-hybridized carbons (Fsp3) is 0.550. The van der Waals surface area contributed by atoms with E-state index in [0.29, 0.717) is 36.8 Å². The van der Waals surface area contributed by atoms with Gasteiger partial charge in [-0.15, -0.1) is 0 Å². The molecule has 0 bridgehead atoms. The Morgan fingerprint density at radius 2 is 1.85 bits per heavy atom. The molecule has 1 heterocycles. The van der Waals surface area contributed by atoms with E-state index < -0.39 is 11.9 Å². The monoisotopic (exact) mass is 375 g/mol. The smallest absolute Gasteiger partial charge is 0.317 e. The number of hydrogen-bond donors (Lipinski definition) is 3. The van der Waals surface area contributed by atoms with Gasteiger partial charge in [0, 0.05) is 25.3 Å². The van der Waals surface area contributed by atoms with Crippen LogP contribution in [-0.4, -0.2) is 47.5 Å². The topological polar surface area (TPSA) is 98.7 Å². The lowest BCUT2D eigenvalue weighted by molar-refractivity contribution is -0.138. The van der Waals surface area contributed by atoms with Crippen LogP contribution in [0, 0.1) is 11.8 Å². The van der Waals surface area contributed by atoms with E-state index in [0.717, 1.165) is 12.8 Å². The minimum Gasteiger partial charge on any atom is -0.481 e. The molecule has 1 aromatic carbocycles. The molecule has 2 rings (SSSR count). The van der Waals surface area contributed by atoms with Crippen molar-refractivity contribution in [1.82, 2.24) is 10.2 Å². The molecule has 1 aromatic rings. The first-order chi connectivity index (χ1) is 12.8. The molecular weight excluding hydrogens is 346 g/mol. The average molecular weight is 375 g/mol. The zero-order valence-corrected chi connectivity index (χ0v) is 16.2. The summed E-state index contributed by atoms with van der Waals surface area (Å²) in [5.41, 5.74) is 1.31. The summed E-state index contributed by atoms with van der Waals surface area (Å²) in [5, 5.41) is 14.8. The van der Waals surface area contributed by atoms with Crippen molar-refractivity contribution in [2.45, 2.75) is 39.5 Å². The predicted molar refractivity (Wildman–Crippen MR) is 104 cm³/mol. The maximum atomic E-state index is 12.6. The molecule has 3 amide bonds. The largest absolute Gasteiger partial charge is 0.481 e. The van der Waals surface area contributed by atoms with Crippen molar-refractivity contribution in [3.05, 3.63) is 29.8 Å². The van der Waals surface area contributed by atoms with Gasteiger partial charge < -0.3 is 20.6 Å². The van der Waals surface area contributed by atoms with E-state index >= 15 is 0 Å². The second-order valence-electron chi connectivity index (χ2n) is 7.54. The number of rotatable bonds is 6. The molecule has 0 spiro atoms. The molecule has 1 aliphatic rings. The van der Waals surface area contributed by atoms with Crippen molar-refractivity contribution in [2.75, 3.05) is 25.0 Å². The zero-order chi connectivity index (χ0) is 20.0. The van der Waals surface area contributed by atoms with Gasteiger partial charge in [-0.3, -0.25) is 9.59 Å². The summed E-state index contributed by atoms with van der Waals surface area (Å²) in [6.45, 7) is 7.38. The van der Waals surface area contributed by atoms with Gasteiger partial charge in [-0.25, -0.2) is 4.79 Å². The predicted octanol–water partition coefficient (Wildman–Crippen LogP) is 2.89. The first-order valence-electron chi connectivity index (χ1n) is 9.44. The lowest BCUT2D eigenvalue weighted by atomic mass is 9.97. The van der Waals surface area contributed by atoms with Crippen molar-refractivity contribution in [1.29, 1.82) is 0 Å². The van der Waals surface area contributed by atoms with E-state index in [4.69, 9.17) is 5.11 Å². The van der Waals surface area contributed by atoms with Gasteiger partial charge in [0.15, 0.2) is 0 Å². The van der Waals surface area contributed by atoms with E-state index in [1.165, 1.54) is 0 Å². The van der Waals surface area contributed by atoms with Crippen LogP contribution >= 0.6 is 0 Å². The number of nitrogens with zero attached hydrogens (tertiary/aromatic N) is 1. The van der Waals surface area contributed by atoms with Crippen LogP contribution in [0.4, 0.5) is 10.5 Å². The van der Waals surface area contributed by atoms with Crippen molar-refractivity contribution in [2.24, 2.45) is 11.8 Å². The van der Waals surface area contributed by atoms with Gasteiger partial charge in [0.05, 0.1) is 11.8 Å². The Morgan fingerprint density at radius 1 is 1.19 bits per heavy atom. The fourth-order valence-corrected chi connectivity index (χ4v) is 3.02. The third-order valence-corrected chi connectivity index (χ3v) is 4.79. The molecule has 2 atom stereocenters. The Hall–Kier alpha value is -2.57. The Labute approximate surface area is 160 Å². The Morgan fingerprint density at radius 3 is 2.44 bits per heavy atom. The van der Waals surface area contributed by atoms with Gasteiger partial charge in [0.2, 0.25) is 5.91 Å². The second kappa shape index (κ2) is 9.39. The third-order valence-electron chi connectivity index (χ3n) is 4.79. The van der Waals surface area contributed by atoms with Crippen molar-refractivity contribution in [3.63, 3.8) is 0 Å². The number of carboxylic acid groups (broad SMARTS) is 1. The third kappa shape index (κ3) is 5.98. The van der Waals surface area contributed by atoms with Gasteiger partial charge in [0.25, 0.3) is 0 Å². The second-order valence-corrected chi connectivity index (χ2v) is 7.54. The number of anilines is 1. The van der Waals surface area contributed by atoms with Gasteiger partial charge in [-0.1, -0.05) is 26.0 Å². The standard InChI is InChI=1S/C20H29N3O4/c1-13(2)11-21-20(27)23-10-4-5-16(12-23)18(24)22-17-8-6-15(7-9-17)14(3)19(25)26/h6-9,13-14,16H,4-5,10-12H2,1-3H3,(H,21,27)(H,22,24)(H,25,26). The molecule has 7 nitrogen and oxygen atoms in total. The Kier molecular flexibility index (Phi) is 7.21. The number of urea groups is 1. The average Bonchev–Trinajstić information content (AvgIpc) is 2.66. The van der Waals surface area contributed by atoms with Crippen LogP contribution in [0.5, 0.6) is 0 Å². The highest BCUT2D eigenvalue weighted by Gasteiger charge is 2.28. The first-order valence-corrected chi connectivity index (χ1v) is 9.44. The van der Waals surface area contributed by atoms with Crippen LogP contribution in [-0.2, 0) is 9.59 Å². The molecule has 0 radical (unpaired) electrons. The molecule has 27 heavy (non-hydrogen) atoms. The highest BCUT2D eigenvalue weighted by molar-refractivity contribution is 5.93. The molecule has 1 aliphatic heterocycles. The summed E-state index contributed by atoms with van der Waals surface area (Å²) < 4.78 is 0. The lowest BCUT2D eigenvalue weighted by Crippen LogP contribution is -2.48. The Balaban J connectivity index is 1.91. The number of carboxylic acids is 1. The van der Waals surface area contributed by atoms with Gasteiger partial charge in [-0.2, -0.15) is 0 Å². The van der Waals surface area contributed by atoms with Gasteiger partial charge in [0.1, 0.15) is 0 Å². The summed E-state index contributed by atoms with van der Waals surface area (Å²) in [4.78, 5) is 37.5. The molecular formula is C20H29N3O4. The molecule has 7 heteroatoms. The van der Waals surface area contributed by atoms with Crippen LogP contribution in [0.2, 0.25) is 0 Å². The molecule has 1 saturated heterocycles. The highest BCUT2D eigenvalue weighted by Crippen LogP contribution is 2.21. The zero-order valence-electron chi connectivity index (χ0n) is 16.2. The van der Waals surface area contributed by atoms with Crippen LogP contribution < -0.4 is 10.6 Å². The van der Waals surface area contributed by atoms with Crippen LogP contribution in [0.25, 0.3) is 0 Å². The quantitative estimate of drug-likeness (QED) is 0.712. The molecule has 1 fully saturated rings. The number of aliphatic carboxylic acids is 1. The lowest BCUT2D eigenvalue weighted by Gasteiger charge is -2.32. The minimum atomic E-state index is -0.884. The summed E-state index contributed by atoms with van der Waals surface area (Å²) in [6.07, 6.45) is 1.54. The van der Waals surface area contributed by atoms with E-state index in [1.807, 2.05) is 13.8 Å². The fourth-order valence-electron chi connectivity index (χ4n) is 3.02. The van der Waals surface area contributed by atoms with E-state index in [-0.39, 0.29) is 17.9 Å². The molecule has 0 aliphatic carbocycles. The molecule has 148 valence electrons. The number of likely N-dealkylation sites (tertiary alicyclic amines) is 1. The summed E-state index contributed by atoms with van der Waals surface area (Å²) in [7, 11) is 0. The van der Waals surface area contributed by atoms with Gasteiger partial charge in [-0.05, 0) is 43.4 Å². The van der Waals surface area contributed by atoms with Crippen LogP contribution in [0.1, 0.15) is 45.1 Å². The SMILES string of the molecule is CC(C)CNC(=O)N1CCCC(C(=O)Nc2ccc(C(C)C(=O)O)cc2)C1. The maximum Gasteiger partial charge on any atom is 0.317 e. The number of amides is 3. The maximum absolute atomic E-state index is 12.6. The summed E-state index contributed by atoms with van der Waals surface area (Å²) in [5.74, 6) is -1.46. The number of benzene rings is 1. The minimum absolute atomic E-state index is 0.115. The summed E-state index contributed by atoms with van der Waals surface area (Å²) >= 11 is 0. The van der Waals surface area contributed by atoms with Crippen molar-refractivity contribution >= 4 is 23.6 Å². The first kappa shape index (κ1) is 20.7. The number of carbonyl (C=O) groups excluding carboxylic acids is 2. The molecule has 3 N–H and O–H groups in total. The number of hydrogen-bond acceptors (Lipinski definition) is 3. The summed E-state index contributed by atoms with van der Waals surface area (Å²) in [6, 6.07) is 6.72. The van der Waals surface area contributed by atoms with Gasteiger partial charge >= 0.3 is 12.0 Å². The van der Waals surface area contributed by atoms with E-state index in [1.54, 1.807) is 36.1 Å². The number of nitrogens with one attached hydrogen (secondary N) is 2. The van der Waals surface area contributed by atoms with E-state index in [2.05, 4.69) is 10.6 Å². The van der Waals surface area contributed by atoms with Crippen LogP contribution in [0.15, 0.2) is 24.3 Å². The highest BCUT2D eigenvalue weighted by atomic mass is 16.4. The molecule has 2 unspecified atom stereocenters. The normalized spacial score (nSPS) is 18.1. The van der Waals surface area contributed by atoms with Crippen molar-refractivity contribution < 1.29 is 19.5 Å². The molecule has 0 saturated carbocycles. The Bertz CT molecular complexity index is 672. The van der Waals surface area contributed by atoms with Crippen molar-refractivity contribution in [3.8, 4) is 0 Å². The number of piperidine rings is 1. The number of carbonyl (C=O) groups is 3. The molecule has 0 aromatic heterocycles. The van der Waals surface area contributed by atoms with Crippen LogP contribution in [0.3, 0.4) is 0 Å².